The van der Waals surface area contributed by atoms with Crippen LogP contribution in [0.5, 0.6) is 5.75 Å². The van der Waals surface area contributed by atoms with E-state index in [4.69, 9.17) is 19.6 Å². The van der Waals surface area contributed by atoms with Crippen molar-refractivity contribution in [3.05, 3.63) is 89.5 Å². The van der Waals surface area contributed by atoms with Crippen LogP contribution in [-0.4, -0.2) is 70.9 Å². The molecule has 1 amide bonds. The van der Waals surface area contributed by atoms with Gasteiger partial charge in [0.05, 0.1) is 36.1 Å². The molecule has 2 atom stereocenters. The van der Waals surface area contributed by atoms with Crippen molar-refractivity contribution in [2.24, 2.45) is 0 Å². The topological polar surface area (TPSA) is 72.7 Å². The van der Waals surface area contributed by atoms with Crippen molar-refractivity contribution < 1.29 is 23.0 Å². The molecule has 5 aromatic rings. The van der Waals surface area contributed by atoms with Crippen molar-refractivity contribution in [2.45, 2.75) is 38.4 Å². The van der Waals surface area contributed by atoms with E-state index in [0.29, 0.717) is 36.1 Å². The van der Waals surface area contributed by atoms with Crippen LogP contribution in [0.4, 0.5) is 8.78 Å². The zero-order valence-corrected chi connectivity index (χ0v) is 28.0. The minimum atomic E-state index is -0.766. The molecule has 1 saturated heterocycles. The summed E-state index contributed by atoms with van der Waals surface area (Å²) in [5.74, 6) is -1.61. The number of rotatable bonds is 9. The summed E-state index contributed by atoms with van der Waals surface area (Å²) >= 11 is 1.46. The molecule has 5 heterocycles. The maximum absolute atomic E-state index is 16.1. The molecule has 2 aromatic carbocycles. The molecule has 3 aromatic heterocycles. The largest absolute Gasteiger partial charge is 0.490 e. The Hall–Kier alpha value is -4.45. The highest BCUT2D eigenvalue weighted by molar-refractivity contribution is 7.18. The number of pyridine rings is 1. The molecule has 0 radical (unpaired) electrons. The molecule has 0 saturated carbocycles. The molecule has 1 fully saturated rings. The number of benzene rings is 2. The van der Waals surface area contributed by atoms with Crippen LogP contribution >= 0.6 is 11.3 Å². The van der Waals surface area contributed by atoms with E-state index in [0.717, 1.165) is 46.1 Å². The fourth-order valence-electron chi connectivity index (χ4n) is 7.03. The predicted octanol–water partition coefficient (Wildman–Crippen LogP) is 7.65. The number of methoxy groups -OCH3 is 1. The van der Waals surface area contributed by atoms with Gasteiger partial charge in [0, 0.05) is 53.0 Å². The van der Waals surface area contributed by atoms with Crippen LogP contribution in [0.25, 0.3) is 43.9 Å². The summed E-state index contributed by atoms with van der Waals surface area (Å²) in [7, 11) is 3.70. The number of fused-ring (bicyclic) bond motifs is 2. The van der Waals surface area contributed by atoms with Gasteiger partial charge in [0.15, 0.2) is 0 Å². The molecule has 0 spiro atoms. The highest BCUT2D eigenvalue weighted by atomic mass is 32.1. The van der Waals surface area contributed by atoms with Crippen LogP contribution in [0, 0.1) is 11.6 Å². The molecule has 48 heavy (non-hydrogen) atoms. The van der Waals surface area contributed by atoms with Gasteiger partial charge in [0.2, 0.25) is 5.91 Å². The Morgan fingerprint density at radius 2 is 1.88 bits per heavy atom. The van der Waals surface area contributed by atoms with Gasteiger partial charge < -0.3 is 14.4 Å². The summed E-state index contributed by atoms with van der Waals surface area (Å²) in [5.41, 5.74) is 5.29. The summed E-state index contributed by atoms with van der Waals surface area (Å²) in [4.78, 5) is 22.0. The number of aromatic nitrogens is 3. The molecular weight excluding hydrogens is 633 g/mol. The molecule has 2 unspecified atom stereocenters. The van der Waals surface area contributed by atoms with Crippen LogP contribution in [0.1, 0.15) is 43.1 Å². The number of thiophene rings is 1. The van der Waals surface area contributed by atoms with Crippen LogP contribution in [0.3, 0.4) is 0 Å². The molecule has 8 nitrogen and oxygen atoms in total. The number of likely N-dealkylation sites (tertiary alicyclic amines) is 1. The molecule has 2 aliphatic rings. The zero-order valence-electron chi connectivity index (χ0n) is 27.2. The van der Waals surface area contributed by atoms with E-state index >= 15 is 4.39 Å². The smallest absolute Gasteiger partial charge is 0.246 e. The van der Waals surface area contributed by atoms with Crippen molar-refractivity contribution >= 4 is 27.3 Å². The monoisotopic (exact) mass is 669 g/mol. The average molecular weight is 670 g/mol. The second-order valence-corrected chi connectivity index (χ2v) is 13.2. The minimum Gasteiger partial charge on any atom is -0.490 e. The van der Waals surface area contributed by atoms with E-state index in [9.17, 15) is 9.18 Å². The normalized spacial score (nSPS) is 18.0. The van der Waals surface area contributed by atoms with E-state index in [-0.39, 0.29) is 36.5 Å². The number of halogens is 2. The number of ether oxygens (including phenoxy) is 2. The Morgan fingerprint density at radius 1 is 1.06 bits per heavy atom. The minimum absolute atomic E-state index is 0.0557. The number of hydrogen-bond donors (Lipinski definition) is 0. The Balaban J connectivity index is 1.44. The van der Waals surface area contributed by atoms with Crippen LogP contribution < -0.4 is 4.74 Å². The van der Waals surface area contributed by atoms with Gasteiger partial charge in [0.25, 0.3) is 0 Å². The van der Waals surface area contributed by atoms with Crippen molar-refractivity contribution in [2.75, 3.05) is 40.5 Å². The number of nitrogens with zero attached hydrogens (tertiary/aromatic N) is 5. The maximum Gasteiger partial charge on any atom is 0.246 e. The maximum atomic E-state index is 16.1. The van der Waals surface area contributed by atoms with E-state index in [1.165, 1.54) is 42.6 Å². The van der Waals surface area contributed by atoms with Gasteiger partial charge in [-0.2, -0.15) is 5.10 Å². The predicted molar refractivity (Wildman–Crippen MR) is 184 cm³/mol. The first-order valence-electron chi connectivity index (χ1n) is 16.1. The molecule has 0 N–H and O–H groups in total. The molecule has 0 bridgehead atoms. The zero-order chi connectivity index (χ0) is 33.5. The Kier molecular flexibility index (Phi) is 8.84. The fourth-order valence-corrected chi connectivity index (χ4v) is 7.98. The molecule has 0 aliphatic carbocycles. The van der Waals surface area contributed by atoms with Gasteiger partial charge in [0.1, 0.15) is 35.4 Å². The van der Waals surface area contributed by atoms with E-state index in [2.05, 4.69) is 42.8 Å². The van der Waals surface area contributed by atoms with E-state index in [1.807, 2.05) is 29.1 Å². The highest BCUT2D eigenvalue weighted by Gasteiger charge is 2.31. The van der Waals surface area contributed by atoms with Crippen LogP contribution in [0.2, 0.25) is 0 Å². The summed E-state index contributed by atoms with van der Waals surface area (Å²) in [6.07, 6.45) is 3.62. The first kappa shape index (κ1) is 32.1. The second-order valence-electron chi connectivity index (χ2n) is 12.3. The van der Waals surface area contributed by atoms with Crippen molar-refractivity contribution in [3.63, 3.8) is 0 Å². The lowest BCUT2D eigenvalue weighted by Crippen LogP contribution is -2.40. The van der Waals surface area contributed by atoms with E-state index in [1.54, 1.807) is 4.90 Å². The number of carbonyl (C=O) groups excluding carboxylic acids is 1. The first-order chi connectivity index (χ1) is 23.3. The molecular formula is C37H37F2N5O3S. The van der Waals surface area contributed by atoms with Crippen molar-refractivity contribution in [3.8, 4) is 39.5 Å². The quantitative estimate of drug-likeness (QED) is 0.119. The first-order valence-corrected chi connectivity index (χ1v) is 17.0. The Morgan fingerprint density at radius 3 is 2.60 bits per heavy atom. The van der Waals surface area contributed by atoms with Gasteiger partial charge in [-0.25, -0.2) is 13.8 Å². The molecule has 2 aliphatic heterocycles. The highest BCUT2D eigenvalue weighted by Crippen LogP contribution is 2.47. The third-order valence-corrected chi connectivity index (χ3v) is 10.4. The lowest BCUT2D eigenvalue weighted by Gasteiger charge is -2.33. The van der Waals surface area contributed by atoms with Crippen LogP contribution in [0.15, 0.2) is 66.6 Å². The number of hydrogen-bond acceptors (Lipinski definition) is 7. The lowest BCUT2D eigenvalue weighted by atomic mass is 9.95. The molecule has 248 valence electrons. The van der Waals surface area contributed by atoms with Crippen molar-refractivity contribution in [1.29, 1.82) is 0 Å². The number of amides is 1. The van der Waals surface area contributed by atoms with Crippen molar-refractivity contribution in [1.82, 2.24) is 24.6 Å². The number of carbonyl (C=O) groups is 1. The second kappa shape index (κ2) is 13.2. The summed E-state index contributed by atoms with van der Waals surface area (Å²) < 4.78 is 44.5. The third kappa shape index (κ3) is 5.69. The Bertz CT molecular complexity index is 2010. The molecule has 11 heteroatoms. The third-order valence-electron chi connectivity index (χ3n) is 9.47. The van der Waals surface area contributed by atoms with Gasteiger partial charge >= 0.3 is 0 Å². The molecule has 7 rings (SSSR count). The fraction of sp³-hybridized carbons (Fsp3) is 0.324. The van der Waals surface area contributed by atoms with Gasteiger partial charge in [-0.15, -0.1) is 11.3 Å². The van der Waals surface area contributed by atoms with Gasteiger partial charge in [-0.05, 0) is 62.5 Å². The summed E-state index contributed by atoms with van der Waals surface area (Å²) in [6.45, 7) is 8.00. The standard InChI is InChI=1S/C37H37F2N5O3S/c1-5-32(45)43-14-15-44-30(22(43)2)21-28(41-44)36-34(33-27(39)19-25(38)20-31(33)47-17-16-46-4)37-26(12-18-48-37)35(40-36)24-10-8-23(9-11-24)29-7-6-13-42(29)3/h5,8-12,18-22,29H,1,6-7,13-17H2,2-4H3. The summed E-state index contributed by atoms with van der Waals surface area (Å²) in [6, 6.07) is 14.6. The Labute approximate surface area is 282 Å². The lowest BCUT2D eigenvalue weighted by molar-refractivity contribution is -0.129. The SMILES string of the molecule is C=CC(=O)N1CCn2nc(-c3nc(-c4ccc(C5CCCN5C)cc4)c4ccsc4c3-c3c(F)cc(F)cc3OCCOC)cc2C1C. The van der Waals surface area contributed by atoms with Gasteiger partial charge in [-0.1, -0.05) is 30.8 Å². The van der Waals surface area contributed by atoms with E-state index < -0.39 is 11.6 Å². The van der Waals surface area contributed by atoms with Crippen LogP contribution in [-0.2, 0) is 16.1 Å². The van der Waals surface area contributed by atoms with Gasteiger partial charge in [-0.3, -0.25) is 14.4 Å². The summed E-state index contributed by atoms with van der Waals surface area (Å²) in [5, 5.41) is 7.76. The average Bonchev–Trinajstić information content (AvgIpc) is 3.85.